The number of likely N-dealkylation sites (N-methyl/N-ethyl adjacent to an activating group) is 1. The lowest BCUT2D eigenvalue weighted by Crippen LogP contribution is -2.56. The van der Waals surface area contributed by atoms with Gasteiger partial charge in [0, 0.05) is 50.2 Å². The first-order valence-electron chi connectivity index (χ1n) is 10.8. The number of halogens is 2. The number of nitrogens with one attached hydrogen (secondary N) is 3. The fourth-order valence-electron chi connectivity index (χ4n) is 3.93. The van der Waals surface area contributed by atoms with Gasteiger partial charge in [-0.15, -0.1) is 0 Å². The standard InChI is InChI=1S/C24H29F2N5/c1-2-31(22-14-27-15-22)16-18-4-3-5-19(10-18)23-7-9-29-24(30-23)28-8-6-17-11-20(25)13-21(26)12-17/h3-5,7,9-13,22,24,27-28,30H,2,6,8,14-16H2,1H3. The average Bonchev–Trinajstić information content (AvgIpc) is 2.72. The molecule has 2 aliphatic heterocycles. The van der Waals surface area contributed by atoms with Crippen molar-refractivity contribution in [1.29, 1.82) is 0 Å². The molecule has 0 amide bonds. The summed E-state index contributed by atoms with van der Waals surface area (Å²) in [6.45, 7) is 6.85. The fraction of sp³-hybridized carbons (Fsp3) is 0.375. The third kappa shape index (κ3) is 5.76. The minimum absolute atomic E-state index is 0.282. The number of nitrogens with zero attached hydrogens (tertiary/aromatic N) is 2. The van der Waals surface area contributed by atoms with Crippen LogP contribution in [0, 0.1) is 11.6 Å². The Morgan fingerprint density at radius 1 is 1.10 bits per heavy atom. The topological polar surface area (TPSA) is 51.7 Å². The zero-order valence-electron chi connectivity index (χ0n) is 17.7. The lowest BCUT2D eigenvalue weighted by Gasteiger charge is -2.37. The second-order valence-corrected chi connectivity index (χ2v) is 7.98. The summed E-state index contributed by atoms with van der Waals surface area (Å²) in [5.74, 6) is -1.10. The summed E-state index contributed by atoms with van der Waals surface area (Å²) in [6.07, 6.45) is 3.98. The van der Waals surface area contributed by atoms with Crippen molar-refractivity contribution in [3.63, 3.8) is 0 Å². The molecule has 0 spiro atoms. The van der Waals surface area contributed by atoms with Crippen LogP contribution in [0.5, 0.6) is 0 Å². The lowest BCUT2D eigenvalue weighted by atomic mass is 10.0. The summed E-state index contributed by atoms with van der Waals surface area (Å²) in [5.41, 5.74) is 4.02. The van der Waals surface area contributed by atoms with Gasteiger partial charge in [0.05, 0.1) is 0 Å². The van der Waals surface area contributed by atoms with Gasteiger partial charge in [0.1, 0.15) is 11.6 Å². The van der Waals surface area contributed by atoms with Crippen LogP contribution in [0.2, 0.25) is 0 Å². The maximum Gasteiger partial charge on any atom is 0.173 e. The third-order valence-electron chi connectivity index (χ3n) is 5.75. The van der Waals surface area contributed by atoms with Gasteiger partial charge in [-0.05, 0) is 53.9 Å². The molecule has 3 N–H and O–H groups in total. The van der Waals surface area contributed by atoms with Crippen LogP contribution in [0.25, 0.3) is 5.70 Å². The minimum atomic E-state index is -0.552. The molecule has 5 nitrogen and oxygen atoms in total. The van der Waals surface area contributed by atoms with Crippen LogP contribution in [-0.4, -0.2) is 49.6 Å². The van der Waals surface area contributed by atoms with E-state index in [2.05, 4.69) is 57.0 Å². The predicted octanol–water partition coefficient (Wildman–Crippen LogP) is 2.89. The van der Waals surface area contributed by atoms with E-state index in [9.17, 15) is 8.78 Å². The van der Waals surface area contributed by atoms with E-state index in [0.29, 0.717) is 24.6 Å². The Bertz CT molecular complexity index is 934. The van der Waals surface area contributed by atoms with Crippen molar-refractivity contribution in [2.45, 2.75) is 32.2 Å². The van der Waals surface area contributed by atoms with Crippen molar-refractivity contribution in [3.05, 3.63) is 76.9 Å². The molecule has 2 aromatic rings. The van der Waals surface area contributed by atoms with E-state index >= 15 is 0 Å². The van der Waals surface area contributed by atoms with Crippen molar-refractivity contribution < 1.29 is 8.78 Å². The van der Waals surface area contributed by atoms with Crippen LogP contribution < -0.4 is 16.0 Å². The smallest absolute Gasteiger partial charge is 0.173 e. The molecule has 0 aromatic heterocycles. The molecular formula is C24H29F2N5. The van der Waals surface area contributed by atoms with E-state index in [1.807, 2.05) is 6.08 Å². The van der Waals surface area contributed by atoms with Crippen LogP contribution in [0.15, 0.2) is 53.5 Å². The highest BCUT2D eigenvalue weighted by atomic mass is 19.1. The van der Waals surface area contributed by atoms with Crippen LogP contribution in [0.4, 0.5) is 8.78 Å². The maximum absolute atomic E-state index is 13.3. The molecule has 4 rings (SSSR count). The number of allylic oxidation sites excluding steroid dienone is 1. The SMILES string of the molecule is CCN(Cc1cccc(C2=CC=NC(NCCc3cc(F)cc(F)c3)N2)c1)C1CNC1. The Morgan fingerprint density at radius 3 is 2.61 bits per heavy atom. The van der Waals surface area contributed by atoms with Gasteiger partial charge in [-0.25, -0.2) is 8.78 Å². The Hall–Kier alpha value is -2.61. The Balaban J connectivity index is 1.33. The third-order valence-corrected chi connectivity index (χ3v) is 5.75. The molecule has 0 aliphatic carbocycles. The zero-order valence-corrected chi connectivity index (χ0v) is 17.7. The molecular weight excluding hydrogens is 396 g/mol. The van der Waals surface area contributed by atoms with Crippen LogP contribution in [-0.2, 0) is 13.0 Å². The second-order valence-electron chi connectivity index (χ2n) is 7.98. The van der Waals surface area contributed by atoms with Gasteiger partial charge in [0.2, 0.25) is 0 Å². The van der Waals surface area contributed by atoms with Crippen molar-refractivity contribution in [2.24, 2.45) is 4.99 Å². The highest BCUT2D eigenvalue weighted by Gasteiger charge is 2.23. The van der Waals surface area contributed by atoms with Gasteiger partial charge in [-0.2, -0.15) is 0 Å². The second kappa shape index (κ2) is 10.1. The molecule has 2 heterocycles. The van der Waals surface area contributed by atoms with Gasteiger partial charge in [0.15, 0.2) is 6.29 Å². The Morgan fingerprint density at radius 2 is 1.90 bits per heavy atom. The molecule has 7 heteroatoms. The molecule has 1 atom stereocenters. The van der Waals surface area contributed by atoms with Crippen molar-refractivity contribution in [3.8, 4) is 0 Å². The number of rotatable bonds is 9. The minimum Gasteiger partial charge on any atom is -0.351 e. The van der Waals surface area contributed by atoms with E-state index in [4.69, 9.17) is 0 Å². The van der Waals surface area contributed by atoms with Gasteiger partial charge in [-0.3, -0.25) is 15.2 Å². The van der Waals surface area contributed by atoms with Gasteiger partial charge < -0.3 is 10.6 Å². The van der Waals surface area contributed by atoms with Crippen LogP contribution >= 0.6 is 0 Å². The quantitative estimate of drug-likeness (QED) is 0.578. The summed E-state index contributed by atoms with van der Waals surface area (Å²) < 4.78 is 26.7. The molecule has 1 fully saturated rings. The fourth-order valence-corrected chi connectivity index (χ4v) is 3.93. The molecule has 1 unspecified atom stereocenters. The lowest BCUT2D eigenvalue weighted by molar-refractivity contribution is 0.145. The average molecular weight is 426 g/mol. The van der Waals surface area contributed by atoms with E-state index in [1.165, 1.54) is 17.7 Å². The molecule has 2 aliphatic rings. The number of benzene rings is 2. The van der Waals surface area contributed by atoms with E-state index in [1.54, 1.807) is 6.21 Å². The summed E-state index contributed by atoms with van der Waals surface area (Å²) in [4.78, 5) is 6.91. The van der Waals surface area contributed by atoms with Crippen LogP contribution in [0.3, 0.4) is 0 Å². The van der Waals surface area contributed by atoms with E-state index < -0.39 is 11.6 Å². The Kier molecular flexibility index (Phi) is 7.06. The first-order chi connectivity index (χ1) is 15.1. The Labute approximate surface area is 182 Å². The molecule has 0 bridgehead atoms. The van der Waals surface area contributed by atoms with E-state index in [0.717, 1.165) is 43.5 Å². The summed E-state index contributed by atoms with van der Waals surface area (Å²) in [5, 5.41) is 10.0. The van der Waals surface area contributed by atoms with Gasteiger partial charge >= 0.3 is 0 Å². The first-order valence-corrected chi connectivity index (χ1v) is 10.8. The monoisotopic (exact) mass is 425 g/mol. The molecule has 31 heavy (non-hydrogen) atoms. The van der Waals surface area contributed by atoms with Crippen molar-refractivity contribution in [2.75, 3.05) is 26.2 Å². The maximum atomic E-state index is 13.3. The normalized spacial score (nSPS) is 18.6. The first kappa shape index (κ1) is 21.6. The van der Waals surface area contributed by atoms with Crippen molar-refractivity contribution >= 4 is 11.9 Å². The number of hydrogen-bond acceptors (Lipinski definition) is 5. The number of aliphatic imine (C=N–C) groups is 1. The van der Waals surface area contributed by atoms with Gasteiger partial charge in [0.25, 0.3) is 0 Å². The highest BCUT2D eigenvalue weighted by Crippen LogP contribution is 2.18. The molecule has 1 saturated heterocycles. The highest BCUT2D eigenvalue weighted by molar-refractivity contribution is 5.85. The van der Waals surface area contributed by atoms with Gasteiger partial charge in [-0.1, -0.05) is 25.1 Å². The number of hydrogen-bond donors (Lipinski definition) is 3. The summed E-state index contributed by atoms with van der Waals surface area (Å²) in [7, 11) is 0. The van der Waals surface area contributed by atoms with E-state index in [-0.39, 0.29) is 6.29 Å². The molecule has 0 saturated carbocycles. The molecule has 164 valence electrons. The largest absolute Gasteiger partial charge is 0.351 e. The zero-order chi connectivity index (χ0) is 21.6. The van der Waals surface area contributed by atoms with Crippen molar-refractivity contribution in [1.82, 2.24) is 20.9 Å². The van der Waals surface area contributed by atoms with Crippen LogP contribution in [0.1, 0.15) is 23.6 Å². The summed E-state index contributed by atoms with van der Waals surface area (Å²) >= 11 is 0. The predicted molar refractivity (Wildman–Crippen MR) is 121 cm³/mol. The molecule has 0 radical (unpaired) electrons. The molecule has 2 aromatic carbocycles. The summed E-state index contributed by atoms with van der Waals surface area (Å²) in [6, 6.07) is 12.8.